The van der Waals surface area contributed by atoms with Crippen LogP contribution in [0.1, 0.15) is 38.5 Å². The minimum atomic E-state index is -0.707. The number of carbonyl (C=O) groups is 1. The standard InChI is InChI=1S/C15H25NO2S/c1-12(11-13-7-5-10-19-13)16(4)9-6-8-15(2,3)14(17)18/h5,7,10,12H,6,8-9,11H2,1-4H3,(H,17,18). The zero-order valence-electron chi connectivity index (χ0n) is 12.3. The second-order valence-electron chi connectivity index (χ2n) is 5.91. The third kappa shape index (κ3) is 5.33. The first-order valence-electron chi connectivity index (χ1n) is 6.79. The molecule has 0 amide bonds. The van der Waals surface area contributed by atoms with Gasteiger partial charge in [0.1, 0.15) is 0 Å². The predicted molar refractivity (Wildman–Crippen MR) is 80.8 cm³/mol. The molecule has 1 unspecified atom stereocenters. The van der Waals surface area contributed by atoms with Gasteiger partial charge in [-0.2, -0.15) is 0 Å². The maximum absolute atomic E-state index is 11.0. The fourth-order valence-corrected chi connectivity index (χ4v) is 2.80. The molecule has 4 heteroatoms. The Morgan fingerprint density at radius 2 is 2.21 bits per heavy atom. The van der Waals surface area contributed by atoms with Crippen molar-refractivity contribution in [2.45, 2.75) is 46.1 Å². The van der Waals surface area contributed by atoms with Crippen LogP contribution < -0.4 is 0 Å². The molecule has 1 rings (SSSR count). The molecule has 0 saturated heterocycles. The molecule has 108 valence electrons. The number of likely N-dealkylation sites (N-methyl/N-ethyl adjacent to an activating group) is 1. The molecule has 1 aromatic heterocycles. The summed E-state index contributed by atoms with van der Waals surface area (Å²) in [5.41, 5.74) is -0.613. The van der Waals surface area contributed by atoms with E-state index in [2.05, 4.69) is 36.4 Å². The van der Waals surface area contributed by atoms with Gasteiger partial charge in [-0.1, -0.05) is 6.07 Å². The molecule has 0 spiro atoms. The van der Waals surface area contributed by atoms with Gasteiger partial charge in [-0.05, 0) is 65.1 Å². The smallest absolute Gasteiger partial charge is 0.309 e. The first-order valence-corrected chi connectivity index (χ1v) is 7.67. The zero-order chi connectivity index (χ0) is 14.5. The summed E-state index contributed by atoms with van der Waals surface area (Å²) >= 11 is 1.80. The molecule has 0 aliphatic rings. The molecule has 0 radical (unpaired) electrons. The topological polar surface area (TPSA) is 40.5 Å². The normalized spacial score (nSPS) is 13.7. The van der Waals surface area contributed by atoms with Gasteiger partial charge >= 0.3 is 5.97 Å². The molecular formula is C15H25NO2S. The summed E-state index contributed by atoms with van der Waals surface area (Å²) in [6.07, 6.45) is 2.71. The van der Waals surface area contributed by atoms with Gasteiger partial charge in [-0.25, -0.2) is 0 Å². The molecule has 0 fully saturated rings. The monoisotopic (exact) mass is 283 g/mol. The molecule has 1 N–H and O–H groups in total. The average Bonchev–Trinajstić information content (AvgIpc) is 2.81. The summed E-state index contributed by atoms with van der Waals surface area (Å²) < 4.78 is 0. The largest absolute Gasteiger partial charge is 0.481 e. The van der Waals surface area contributed by atoms with Crippen LogP contribution >= 0.6 is 11.3 Å². The van der Waals surface area contributed by atoms with Crippen LogP contribution in [0, 0.1) is 5.41 Å². The molecule has 19 heavy (non-hydrogen) atoms. The number of hydrogen-bond donors (Lipinski definition) is 1. The van der Waals surface area contributed by atoms with Gasteiger partial charge in [-0.3, -0.25) is 4.79 Å². The van der Waals surface area contributed by atoms with Crippen LogP contribution in [0.4, 0.5) is 0 Å². The van der Waals surface area contributed by atoms with E-state index in [4.69, 9.17) is 5.11 Å². The van der Waals surface area contributed by atoms with Crippen LogP contribution in [0.25, 0.3) is 0 Å². The summed E-state index contributed by atoms with van der Waals surface area (Å²) in [7, 11) is 2.12. The number of aliphatic carboxylic acids is 1. The van der Waals surface area contributed by atoms with E-state index in [1.807, 2.05) is 0 Å². The predicted octanol–water partition coefficient (Wildman–Crippen LogP) is 3.50. The van der Waals surface area contributed by atoms with E-state index in [1.165, 1.54) is 4.88 Å². The number of nitrogens with zero attached hydrogens (tertiary/aromatic N) is 1. The Bertz CT molecular complexity index is 387. The molecule has 1 atom stereocenters. The van der Waals surface area contributed by atoms with Crippen molar-refractivity contribution in [1.29, 1.82) is 0 Å². The van der Waals surface area contributed by atoms with E-state index in [-0.39, 0.29) is 0 Å². The lowest BCUT2D eigenvalue weighted by Crippen LogP contribution is -2.33. The average molecular weight is 283 g/mol. The molecule has 0 saturated carbocycles. The Balaban J connectivity index is 2.31. The van der Waals surface area contributed by atoms with Crippen LogP contribution in [0.5, 0.6) is 0 Å². The fourth-order valence-electron chi connectivity index (χ4n) is 1.97. The summed E-state index contributed by atoms with van der Waals surface area (Å²) in [5, 5.41) is 11.2. The summed E-state index contributed by atoms with van der Waals surface area (Å²) in [4.78, 5) is 14.8. The summed E-state index contributed by atoms with van der Waals surface area (Å²) in [6, 6.07) is 4.75. The van der Waals surface area contributed by atoms with Crippen molar-refractivity contribution in [1.82, 2.24) is 4.90 Å². The number of thiophene rings is 1. The molecule has 0 bridgehead atoms. The Labute approximate surface area is 120 Å². The van der Waals surface area contributed by atoms with Crippen LogP contribution in [0.3, 0.4) is 0 Å². The van der Waals surface area contributed by atoms with E-state index >= 15 is 0 Å². The molecule has 3 nitrogen and oxygen atoms in total. The Kier molecular flexibility index (Phi) is 6.01. The van der Waals surface area contributed by atoms with E-state index in [0.717, 1.165) is 25.8 Å². The quantitative estimate of drug-likeness (QED) is 0.794. The first-order chi connectivity index (χ1) is 8.83. The van der Waals surface area contributed by atoms with Crippen molar-refractivity contribution < 1.29 is 9.90 Å². The lowest BCUT2D eigenvalue weighted by Gasteiger charge is -2.26. The third-order valence-corrected chi connectivity index (χ3v) is 4.62. The summed E-state index contributed by atoms with van der Waals surface area (Å²) in [5.74, 6) is -0.707. The van der Waals surface area contributed by atoms with Crippen molar-refractivity contribution >= 4 is 17.3 Å². The molecular weight excluding hydrogens is 258 g/mol. The highest BCUT2D eigenvalue weighted by molar-refractivity contribution is 7.09. The number of rotatable bonds is 8. The highest BCUT2D eigenvalue weighted by Gasteiger charge is 2.26. The number of carboxylic acid groups (broad SMARTS) is 1. The molecule has 1 heterocycles. The van der Waals surface area contributed by atoms with E-state index < -0.39 is 11.4 Å². The van der Waals surface area contributed by atoms with Crippen LogP contribution in [0.2, 0.25) is 0 Å². The van der Waals surface area contributed by atoms with Gasteiger partial charge in [-0.15, -0.1) is 11.3 Å². The minimum absolute atomic E-state index is 0.492. The lowest BCUT2D eigenvalue weighted by molar-refractivity contribution is -0.147. The first kappa shape index (κ1) is 16.2. The van der Waals surface area contributed by atoms with Gasteiger partial charge in [0.05, 0.1) is 5.41 Å². The Hall–Kier alpha value is -0.870. The molecule has 1 aromatic rings. The van der Waals surface area contributed by atoms with E-state index in [9.17, 15) is 4.79 Å². The lowest BCUT2D eigenvalue weighted by atomic mass is 9.88. The SMILES string of the molecule is CC(Cc1cccs1)N(C)CCCC(C)(C)C(=O)O. The maximum atomic E-state index is 11.0. The zero-order valence-corrected chi connectivity index (χ0v) is 13.2. The van der Waals surface area contributed by atoms with Crippen LogP contribution in [-0.4, -0.2) is 35.6 Å². The Morgan fingerprint density at radius 3 is 2.74 bits per heavy atom. The van der Waals surface area contributed by atoms with Gasteiger partial charge in [0, 0.05) is 10.9 Å². The Morgan fingerprint density at radius 1 is 1.53 bits per heavy atom. The van der Waals surface area contributed by atoms with Gasteiger partial charge < -0.3 is 10.0 Å². The second kappa shape index (κ2) is 7.06. The van der Waals surface area contributed by atoms with Crippen molar-refractivity contribution in [2.75, 3.05) is 13.6 Å². The van der Waals surface area contributed by atoms with Crippen LogP contribution in [0.15, 0.2) is 17.5 Å². The molecule has 0 aliphatic carbocycles. The van der Waals surface area contributed by atoms with E-state index in [1.54, 1.807) is 25.2 Å². The maximum Gasteiger partial charge on any atom is 0.309 e. The third-order valence-electron chi connectivity index (χ3n) is 3.72. The van der Waals surface area contributed by atoms with Gasteiger partial charge in [0.15, 0.2) is 0 Å². The highest BCUT2D eigenvalue weighted by atomic mass is 32.1. The van der Waals surface area contributed by atoms with Crippen molar-refractivity contribution in [2.24, 2.45) is 5.41 Å². The highest BCUT2D eigenvalue weighted by Crippen LogP contribution is 2.23. The van der Waals surface area contributed by atoms with Crippen molar-refractivity contribution in [3.8, 4) is 0 Å². The van der Waals surface area contributed by atoms with Gasteiger partial charge in [0.2, 0.25) is 0 Å². The van der Waals surface area contributed by atoms with Crippen LogP contribution in [-0.2, 0) is 11.2 Å². The van der Waals surface area contributed by atoms with Gasteiger partial charge in [0.25, 0.3) is 0 Å². The van der Waals surface area contributed by atoms with E-state index in [0.29, 0.717) is 6.04 Å². The number of carboxylic acids is 1. The summed E-state index contributed by atoms with van der Waals surface area (Å²) in [6.45, 7) is 6.76. The second-order valence-corrected chi connectivity index (χ2v) is 6.94. The van der Waals surface area contributed by atoms with Crippen molar-refractivity contribution in [3.63, 3.8) is 0 Å². The number of hydrogen-bond acceptors (Lipinski definition) is 3. The molecule has 0 aromatic carbocycles. The molecule has 0 aliphatic heterocycles. The minimum Gasteiger partial charge on any atom is -0.481 e. The fraction of sp³-hybridized carbons (Fsp3) is 0.667. The van der Waals surface area contributed by atoms with Crippen molar-refractivity contribution in [3.05, 3.63) is 22.4 Å².